The van der Waals surface area contributed by atoms with Gasteiger partial charge >= 0.3 is 0 Å². The molecule has 0 aliphatic carbocycles. The summed E-state index contributed by atoms with van der Waals surface area (Å²) in [7, 11) is 0. The Morgan fingerprint density at radius 3 is 2.71 bits per heavy atom. The average molecular weight is 101 g/mol. The molecule has 0 amide bonds. The molecule has 0 spiro atoms. The van der Waals surface area contributed by atoms with Crippen molar-refractivity contribution in [3.8, 4) is 0 Å². The first-order valence-corrected chi connectivity index (χ1v) is 2.50. The number of unbranched alkanes of at least 4 members (excludes halogenated alkanes) is 1. The van der Waals surface area contributed by atoms with Crippen molar-refractivity contribution in [3.63, 3.8) is 0 Å². The number of allylic oxidation sites excluding steroid dienone is 2. The molecule has 0 nitrogen and oxygen atoms in total. The van der Waals surface area contributed by atoms with Crippen LogP contribution in [0.3, 0.4) is 0 Å². The molecule has 1 radical (unpaired) electrons. The Kier molecular flexibility index (Phi) is 5.40. The van der Waals surface area contributed by atoms with Crippen LogP contribution in [0.1, 0.15) is 19.8 Å². The summed E-state index contributed by atoms with van der Waals surface area (Å²) in [5.74, 6) is 0. The van der Waals surface area contributed by atoms with Crippen molar-refractivity contribution in [2.45, 2.75) is 19.8 Å². The lowest BCUT2D eigenvalue weighted by Gasteiger charge is -1.78. The van der Waals surface area contributed by atoms with Crippen LogP contribution in [-0.2, 0) is 0 Å². The van der Waals surface area contributed by atoms with Gasteiger partial charge in [0.1, 0.15) is 0 Å². The zero-order valence-corrected chi connectivity index (χ0v) is 4.52. The van der Waals surface area contributed by atoms with Gasteiger partial charge in [-0.2, -0.15) is 0 Å². The van der Waals surface area contributed by atoms with E-state index in [1.165, 1.54) is 6.08 Å². The summed E-state index contributed by atoms with van der Waals surface area (Å²) in [6.07, 6.45) is 5.29. The summed E-state index contributed by atoms with van der Waals surface area (Å²) in [6, 6.07) is 0. The van der Waals surface area contributed by atoms with E-state index in [-0.39, 0.29) is 0 Å². The summed E-state index contributed by atoms with van der Waals surface area (Å²) < 4.78 is 11.1. The van der Waals surface area contributed by atoms with Crippen LogP contribution in [0.4, 0.5) is 4.39 Å². The smallest absolute Gasteiger partial charge is 0.153 e. The first-order valence-electron chi connectivity index (χ1n) is 2.50. The van der Waals surface area contributed by atoms with Crippen molar-refractivity contribution in [1.29, 1.82) is 0 Å². The van der Waals surface area contributed by atoms with E-state index in [1.54, 1.807) is 6.08 Å². The Hall–Kier alpha value is -0.330. The van der Waals surface area contributed by atoms with Crippen molar-refractivity contribution in [3.05, 3.63) is 18.8 Å². The first-order chi connectivity index (χ1) is 3.41. The van der Waals surface area contributed by atoms with Crippen molar-refractivity contribution in [1.82, 2.24) is 0 Å². The predicted molar refractivity (Wildman–Crippen MR) is 29.5 cm³/mol. The van der Waals surface area contributed by atoms with E-state index < -0.39 is 0 Å². The summed E-state index contributed by atoms with van der Waals surface area (Å²) in [5, 5.41) is 0. The van der Waals surface area contributed by atoms with Gasteiger partial charge in [0.15, 0.2) is 6.67 Å². The standard InChI is InChI=1S/C6H10F/c1-2-3-4-5-6-7/h4-6H,2-3H2,1H3/b5-4+. The molecule has 0 aromatic carbocycles. The van der Waals surface area contributed by atoms with E-state index in [0.717, 1.165) is 12.8 Å². The normalized spacial score (nSPS) is 10.6. The lowest BCUT2D eigenvalue weighted by Crippen LogP contribution is -1.58. The first kappa shape index (κ1) is 6.67. The molecule has 0 rings (SSSR count). The minimum absolute atomic E-state index is 0.551. The molecule has 0 N–H and O–H groups in total. The highest BCUT2D eigenvalue weighted by Crippen LogP contribution is 1.89. The average Bonchev–Trinajstić information content (AvgIpc) is 1.69. The van der Waals surface area contributed by atoms with Gasteiger partial charge in [-0.05, 0) is 6.42 Å². The molecule has 7 heavy (non-hydrogen) atoms. The maximum atomic E-state index is 11.1. The van der Waals surface area contributed by atoms with Crippen molar-refractivity contribution in [2.24, 2.45) is 0 Å². The van der Waals surface area contributed by atoms with Gasteiger partial charge in [0, 0.05) is 0 Å². The molecule has 1 heteroatoms. The maximum Gasteiger partial charge on any atom is 0.153 e. The third-order valence-electron chi connectivity index (χ3n) is 0.664. The summed E-state index contributed by atoms with van der Waals surface area (Å²) in [6.45, 7) is 2.61. The van der Waals surface area contributed by atoms with Gasteiger partial charge < -0.3 is 0 Å². The molecule has 41 valence electrons. The number of halogens is 1. The van der Waals surface area contributed by atoms with Crippen LogP contribution >= 0.6 is 0 Å². The van der Waals surface area contributed by atoms with E-state index in [4.69, 9.17) is 0 Å². The second kappa shape index (κ2) is 5.67. The Labute approximate surface area is 44.0 Å². The minimum atomic E-state index is 0.551. The van der Waals surface area contributed by atoms with Crippen molar-refractivity contribution in [2.75, 3.05) is 0 Å². The Morgan fingerprint density at radius 2 is 2.29 bits per heavy atom. The topological polar surface area (TPSA) is 0 Å². The molecule has 0 saturated carbocycles. The molecule has 0 bridgehead atoms. The highest BCUT2D eigenvalue weighted by molar-refractivity contribution is 4.87. The molecule has 0 heterocycles. The third kappa shape index (κ3) is 5.67. The molecule has 0 aromatic rings. The van der Waals surface area contributed by atoms with Crippen molar-refractivity contribution < 1.29 is 4.39 Å². The number of hydrogen-bond donors (Lipinski definition) is 0. The molecule has 0 atom stereocenters. The zero-order chi connectivity index (χ0) is 5.54. The van der Waals surface area contributed by atoms with E-state index in [1.807, 2.05) is 0 Å². The number of hydrogen-bond acceptors (Lipinski definition) is 0. The number of rotatable bonds is 3. The third-order valence-corrected chi connectivity index (χ3v) is 0.664. The second-order valence-corrected chi connectivity index (χ2v) is 1.34. The predicted octanol–water partition coefficient (Wildman–Crippen LogP) is 2.47. The summed E-state index contributed by atoms with van der Waals surface area (Å²) >= 11 is 0. The maximum absolute atomic E-state index is 11.1. The lowest BCUT2D eigenvalue weighted by molar-refractivity contribution is 0.655. The molecule has 0 aliphatic rings. The molecule has 0 aliphatic heterocycles. The largest absolute Gasteiger partial charge is 0.239 e. The molecular formula is C6H10F. The fourth-order valence-corrected chi connectivity index (χ4v) is 0.314. The Morgan fingerprint density at radius 1 is 1.57 bits per heavy atom. The van der Waals surface area contributed by atoms with Gasteiger partial charge in [0.2, 0.25) is 0 Å². The monoisotopic (exact) mass is 101 g/mol. The highest BCUT2D eigenvalue weighted by atomic mass is 19.1. The van der Waals surface area contributed by atoms with Crippen LogP contribution in [-0.4, -0.2) is 0 Å². The summed E-state index contributed by atoms with van der Waals surface area (Å²) in [4.78, 5) is 0. The SMILES string of the molecule is CCC/C=C/[CH]F. The van der Waals surface area contributed by atoms with Gasteiger partial charge in [-0.3, -0.25) is 0 Å². The van der Waals surface area contributed by atoms with Crippen LogP contribution in [0, 0.1) is 6.67 Å². The molecule has 0 aromatic heterocycles. The molecular weight excluding hydrogens is 91.1 g/mol. The van der Waals surface area contributed by atoms with Crippen LogP contribution in [0.25, 0.3) is 0 Å². The molecule has 0 saturated heterocycles. The van der Waals surface area contributed by atoms with Gasteiger partial charge in [-0.25, -0.2) is 4.39 Å². The van der Waals surface area contributed by atoms with E-state index >= 15 is 0 Å². The van der Waals surface area contributed by atoms with E-state index in [0.29, 0.717) is 6.67 Å². The van der Waals surface area contributed by atoms with Crippen LogP contribution < -0.4 is 0 Å². The van der Waals surface area contributed by atoms with Crippen LogP contribution in [0.2, 0.25) is 0 Å². The summed E-state index contributed by atoms with van der Waals surface area (Å²) in [5.41, 5.74) is 0. The van der Waals surface area contributed by atoms with E-state index in [9.17, 15) is 4.39 Å². The Balaban J connectivity index is 2.78. The van der Waals surface area contributed by atoms with Gasteiger partial charge in [-0.15, -0.1) is 0 Å². The van der Waals surface area contributed by atoms with Gasteiger partial charge in [-0.1, -0.05) is 25.5 Å². The van der Waals surface area contributed by atoms with Crippen molar-refractivity contribution >= 4 is 0 Å². The quantitative estimate of drug-likeness (QED) is 0.512. The fraction of sp³-hybridized carbons (Fsp3) is 0.500. The zero-order valence-electron chi connectivity index (χ0n) is 4.52. The molecule has 0 unspecified atom stereocenters. The van der Waals surface area contributed by atoms with Gasteiger partial charge in [0.25, 0.3) is 0 Å². The lowest BCUT2D eigenvalue weighted by atomic mass is 10.3. The second-order valence-electron chi connectivity index (χ2n) is 1.34. The fourth-order valence-electron chi connectivity index (χ4n) is 0.314. The minimum Gasteiger partial charge on any atom is -0.239 e. The highest BCUT2D eigenvalue weighted by Gasteiger charge is 1.70. The molecule has 0 fully saturated rings. The van der Waals surface area contributed by atoms with E-state index in [2.05, 4.69) is 6.92 Å². The Bertz CT molecular complexity index is 48.1. The van der Waals surface area contributed by atoms with Gasteiger partial charge in [0.05, 0.1) is 0 Å². The van der Waals surface area contributed by atoms with Crippen LogP contribution in [0.15, 0.2) is 12.2 Å². The van der Waals surface area contributed by atoms with Crippen LogP contribution in [0.5, 0.6) is 0 Å².